The molecule has 1 aromatic rings. The molecule has 1 rings (SSSR count). The molecular weight excluding hydrogens is 220 g/mol. The zero-order valence-corrected chi connectivity index (χ0v) is 11.0. The average Bonchev–Trinajstić information content (AvgIpc) is 2.70. The number of hydrogen-bond donors (Lipinski definition) is 1. The zero-order chi connectivity index (χ0) is 11.8. The first-order chi connectivity index (χ1) is 7.72. The van der Waals surface area contributed by atoms with E-state index in [1.807, 2.05) is 0 Å². The second kappa shape index (κ2) is 7.79. The van der Waals surface area contributed by atoms with Crippen LogP contribution in [0.2, 0.25) is 0 Å². The lowest BCUT2D eigenvalue weighted by Crippen LogP contribution is -2.35. The molecule has 1 atom stereocenters. The van der Waals surface area contributed by atoms with Crippen molar-refractivity contribution in [2.75, 3.05) is 27.3 Å². The molecule has 0 saturated carbocycles. The summed E-state index contributed by atoms with van der Waals surface area (Å²) in [6, 6.07) is 2.41. The van der Waals surface area contributed by atoms with Crippen LogP contribution in [0, 0.1) is 0 Å². The zero-order valence-electron chi connectivity index (χ0n) is 10.2. The van der Waals surface area contributed by atoms with Gasteiger partial charge in [0.1, 0.15) is 0 Å². The van der Waals surface area contributed by atoms with Gasteiger partial charge in [0, 0.05) is 32.8 Å². The van der Waals surface area contributed by atoms with Gasteiger partial charge < -0.3 is 15.4 Å². The molecule has 0 aliphatic carbocycles. The smallest absolute Gasteiger partial charge is 0.0462 e. The topological polar surface area (TPSA) is 38.5 Å². The molecule has 1 aromatic heterocycles. The summed E-state index contributed by atoms with van der Waals surface area (Å²) in [7, 11) is 3.85. The lowest BCUT2D eigenvalue weighted by atomic mass is 10.1. The molecule has 3 nitrogen and oxygen atoms in total. The second-order valence-corrected chi connectivity index (χ2v) is 5.00. The predicted octanol–water partition coefficient (Wildman–Crippen LogP) is 1.93. The van der Waals surface area contributed by atoms with E-state index >= 15 is 0 Å². The van der Waals surface area contributed by atoms with Gasteiger partial charge in [-0.15, -0.1) is 0 Å². The Labute approximate surface area is 102 Å². The number of ether oxygens (including phenoxy) is 1. The summed E-state index contributed by atoms with van der Waals surface area (Å²) in [6.07, 6.45) is 2.08. The normalized spacial score (nSPS) is 13.2. The number of likely N-dealkylation sites (N-methyl/N-ethyl adjacent to an activating group) is 1. The molecule has 92 valence electrons. The van der Waals surface area contributed by atoms with Crippen molar-refractivity contribution in [3.8, 4) is 0 Å². The van der Waals surface area contributed by atoms with Gasteiger partial charge >= 0.3 is 0 Å². The maximum atomic E-state index is 6.05. The summed E-state index contributed by atoms with van der Waals surface area (Å²) < 4.78 is 5.01. The highest BCUT2D eigenvalue weighted by molar-refractivity contribution is 7.07. The lowest BCUT2D eigenvalue weighted by molar-refractivity contribution is 0.187. The van der Waals surface area contributed by atoms with Gasteiger partial charge in [-0.25, -0.2) is 0 Å². The van der Waals surface area contributed by atoms with Crippen molar-refractivity contribution in [2.24, 2.45) is 5.73 Å². The number of thiophene rings is 1. The first kappa shape index (κ1) is 13.6. The van der Waals surface area contributed by atoms with Gasteiger partial charge in [0.25, 0.3) is 0 Å². The quantitative estimate of drug-likeness (QED) is 0.708. The third-order valence-electron chi connectivity index (χ3n) is 2.50. The number of nitrogens with two attached hydrogens (primary N) is 1. The van der Waals surface area contributed by atoms with E-state index in [9.17, 15) is 0 Å². The molecule has 0 aliphatic rings. The van der Waals surface area contributed by atoms with Crippen LogP contribution in [0.5, 0.6) is 0 Å². The first-order valence-corrected chi connectivity index (χ1v) is 6.60. The van der Waals surface area contributed by atoms with Crippen molar-refractivity contribution >= 4 is 11.3 Å². The Balaban J connectivity index is 2.15. The molecule has 4 heteroatoms. The molecule has 0 spiro atoms. The fourth-order valence-electron chi connectivity index (χ4n) is 1.74. The molecule has 2 N–H and O–H groups in total. The van der Waals surface area contributed by atoms with Crippen LogP contribution >= 0.6 is 11.3 Å². The molecule has 1 unspecified atom stereocenters. The number of rotatable bonds is 8. The molecule has 0 radical (unpaired) electrons. The average molecular weight is 242 g/mol. The molecule has 1 heterocycles. The molecular formula is C12H22N2OS. The molecule has 0 bridgehead atoms. The largest absolute Gasteiger partial charge is 0.385 e. The summed E-state index contributed by atoms with van der Waals surface area (Å²) in [4.78, 5) is 2.28. The summed E-state index contributed by atoms with van der Waals surface area (Å²) in [5.41, 5.74) is 7.42. The fraction of sp³-hybridized carbons (Fsp3) is 0.667. The van der Waals surface area contributed by atoms with Gasteiger partial charge in [0.15, 0.2) is 0 Å². The van der Waals surface area contributed by atoms with Crippen LogP contribution < -0.4 is 5.73 Å². The van der Waals surface area contributed by atoms with Crippen LogP contribution in [0.15, 0.2) is 16.8 Å². The fourth-order valence-corrected chi connectivity index (χ4v) is 2.40. The van der Waals surface area contributed by atoms with Gasteiger partial charge in [-0.2, -0.15) is 11.3 Å². The monoisotopic (exact) mass is 242 g/mol. The van der Waals surface area contributed by atoms with E-state index < -0.39 is 0 Å². The van der Waals surface area contributed by atoms with Crippen LogP contribution in [0.3, 0.4) is 0 Å². The highest BCUT2D eigenvalue weighted by atomic mass is 32.1. The molecule has 0 aliphatic heterocycles. The maximum absolute atomic E-state index is 6.05. The van der Waals surface area contributed by atoms with E-state index in [-0.39, 0.29) is 6.04 Å². The highest BCUT2D eigenvalue weighted by Gasteiger charge is 2.07. The minimum atomic E-state index is 0.249. The molecule has 16 heavy (non-hydrogen) atoms. The SMILES string of the molecule is COCCCC(N)CN(C)Cc1ccsc1. The third kappa shape index (κ3) is 5.61. The Kier molecular flexibility index (Phi) is 6.64. The minimum absolute atomic E-state index is 0.249. The number of nitrogens with zero attached hydrogens (tertiary/aromatic N) is 1. The molecule has 0 amide bonds. The van der Waals surface area contributed by atoms with Crippen LogP contribution in [0.4, 0.5) is 0 Å². The highest BCUT2D eigenvalue weighted by Crippen LogP contribution is 2.08. The van der Waals surface area contributed by atoms with Crippen molar-refractivity contribution < 1.29 is 4.74 Å². The van der Waals surface area contributed by atoms with Gasteiger partial charge in [0.05, 0.1) is 0 Å². The Bertz CT molecular complexity index is 264. The predicted molar refractivity (Wildman–Crippen MR) is 69.7 cm³/mol. The van der Waals surface area contributed by atoms with Crippen molar-refractivity contribution in [2.45, 2.75) is 25.4 Å². The van der Waals surface area contributed by atoms with Gasteiger partial charge in [-0.1, -0.05) is 0 Å². The Hall–Kier alpha value is -0.420. The van der Waals surface area contributed by atoms with Crippen molar-refractivity contribution in [1.82, 2.24) is 4.90 Å². The number of hydrogen-bond acceptors (Lipinski definition) is 4. The van der Waals surface area contributed by atoms with E-state index in [0.717, 1.165) is 32.5 Å². The standard InChI is InChI=1S/C12H22N2OS/c1-14(8-11-5-7-16-10-11)9-12(13)4-3-6-15-2/h5,7,10,12H,3-4,6,8-9,13H2,1-2H3. The molecule has 0 fully saturated rings. The lowest BCUT2D eigenvalue weighted by Gasteiger charge is -2.20. The van der Waals surface area contributed by atoms with Crippen LogP contribution in [0.1, 0.15) is 18.4 Å². The van der Waals surface area contributed by atoms with Crippen LogP contribution in [0.25, 0.3) is 0 Å². The van der Waals surface area contributed by atoms with Crippen LogP contribution in [-0.2, 0) is 11.3 Å². The Morgan fingerprint density at radius 2 is 2.38 bits per heavy atom. The van der Waals surface area contributed by atoms with Gasteiger partial charge in [0.2, 0.25) is 0 Å². The second-order valence-electron chi connectivity index (χ2n) is 4.22. The maximum Gasteiger partial charge on any atom is 0.0462 e. The summed E-state index contributed by atoms with van der Waals surface area (Å²) in [5, 5.41) is 4.30. The van der Waals surface area contributed by atoms with Crippen molar-refractivity contribution in [1.29, 1.82) is 0 Å². The van der Waals surface area contributed by atoms with E-state index in [1.54, 1.807) is 18.4 Å². The van der Waals surface area contributed by atoms with E-state index in [4.69, 9.17) is 10.5 Å². The summed E-state index contributed by atoms with van der Waals surface area (Å²) in [5.74, 6) is 0. The Morgan fingerprint density at radius 3 is 3.00 bits per heavy atom. The minimum Gasteiger partial charge on any atom is -0.385 e. The van der Waals surface area contributed by atoms with Crippen LogP contribution in [-0.4, -0.2) is 38.3 Å². The summed E-state index contributed by atoms with van der Waals surface area (Å²) in [6.45, 7) is 2.74. The third-order valence-corrected chi connectivity index (χ3v) is 3.23. The molecule has 0 aromatic carbocycles. The van der Waals surface area contributed by atoms with Gasteiger partial charge in [-0.05, 0) is 42.3 Å². The molecule has 0 saturated heterocycles. The summed E-state index contributed by atoms with van der Waals surface area (Å²) >= 11 is 1.74. The van der Waals surface area contributed by atoms with E-state index in [2.05, 4.69) is 28.8 Å². The number of methoxy groups -OCH3 is 1. The van der Waals surface area contributed by atoms with E-state index in [1.165, 1.54) is 5.56 Å². The van der Waals surface area contributed by atoms with E-state index in [0.29, 0.717) is 0 Å². The van der Waals surface area contributed by atoms with Gasteiger partial charge in [-0.3, -0.25) is 0 Å². The van der Waals surface area contributed by atoms with Crippen molar-refractivity contribution in [3.63, 3.8) is 0 Å². The Morgan fingerprint density at radius 1 is 1.56 bits per heavy atom. The first-order valence-electron chi connectivity index (χ1n) is 5.66. The van der Waals surface area contributed by atoms with Crippen molar-refractivity contribution in [3.05, 3.63) is 22.4 Å².